The van der Waals surface area contributed by atoms with E-state index in [1.165, 1.54) is 85.2 Å². The number of unbranched alkanes of at least 4 members (excludes halogenated alkanes) is 1. The lowest BCUT2D eigenvalue weighted by Crippen LogP contribution is -2.07. The average Bonchev–Trinajstić information content (AvgIpc) is 3.03. The molecule has 0 fully saturated rings. The first-order valence-corrected chi connectivity index (χ1v) is 16.4. The van der Waals surface area contributed by atoms with Crippen molar-refractivity contribution >= 4 is 19.7 Å². The molecule has 0 saturated carbocycles. The lowest BCUT2D eigenvalue weighted by molar-refractivity contribution is 0.277. The quantitative estimate of drug-likeness (QED) is 0.161. The Morgan fingerprint density at radius 2 is 1.32 bits per heavy atom. The van der Waals surface area contributed by atoms with Gasteiger partial charge in [0.15, 0.2) is 11.5 Å². The number of rotatable bonds is 12. The Bertz CT molecular complexity index is 1950. The van der Waals surface area contributed by atoms with Gasteiger partial charge in [-0.25, -0.2) is 16.8 Å². The molecule has 0 saturated heterocycles. The number of aromatic hydroxyl groups is 1. The molecule has 226 valence electrons. The number of benzene rings is 4. The molecule has 1 aromatic heterocycles. The minimum Gasteiger partial charge on any atom is -0.508 e. The normalized spacial score (nSPS) is 11.6. The first-order valence-electron chi connectivity index (χ1n) is 13.4. The molecule has 0 aliphatic rings. The number of hydrogen-bond acceptors (Lipinski definition) is 11. The summed E-state index contributed by atoms with van der Waals surface area (Å²) in [6.07, 6.45) is 2.88. The zero-order valence-corrected chi connectivity index (χ0v) is 25.0. The van der Waals surface area contributed by atoms with Crippen LogP contribution in [0.5, 0.6) is 35.0 Å². The molecule has 0 bridgehead atoms. The topological polar surface area (TPSA) is 155 Å². The molecule has 44 heavy (non-hydrogen) atoms. The zero-order valence-electron chi connectivity index (χ0n) is 23.4. The van der Waals surface area contributed by atoms with Crippen LogP contribution in [0.2, 0.25) is 0 Å². The number of nitrogens with zero attached hydrogens (tertiary/aromatic N) is 3. The highest BCUT2D eigenvalue weighted by Crippen LogP contribution is 2.41. The molecular formula is C31H27N3O8S2. The van der Waals surface area contributed by atoms with Crippen molar-refractivity contribution in [3.63, 3.8) is 0 Å². The third kappa shape index (κ3) is 6.79. The highest BCUT2D eigenvalue weighted by molar-refractivity contribution is 7.91. The molecule has 1 N–H and O–H groups in total. The van der Waals surface area contributed by atoms with Gasteiger partial charge in [0.1, 0.15) is 22.7 Å². The summed E-state index contributed by atoms with van der Waals surface area (Å²) in [7, 11) is -7.97. The Hall–Kier alpha value is -5.01. The number of phenolic OH excluding ortho intramolecular Hbond substituents is 1. The standard InChI is InChI=1S/C31H27N3O8S2/c1-2-3-20-40-30-32-21-33-31(34-30)42-29-27(10-7-11-28(29)44(38,39)24-8-5-4-6-9-24)41-23-14-18-26(19-15-23)43(36,37)25-16-12-22(35)13-17-25/h4-19,21,35H,2-3,20H2,1H3. The van der Waals surface area contributed by atoms with Crippen LogP contribution in [0.25, 0.3) is 0 Å². The molecule has 5 aromatic rings. The largest absolute Gasteiger partial charge is 0.508 e. The van der Waals surface area contributed by atoms with Crippen LogP contribution in [0, 0.1) is 0 Å². The van der Waals surface area contributed by atoms with Crippen molar-refractivity contribution in [2.24, 2.45) is 0 Å². The number of para-hydroxylation sites is 1. The fourth-order valence-corrected chi connectivity index (χ4v) is 6.65. The number of ether oxygens (including phenoxy) is 3. The summed E-state index contributed by atoms with van der Waals surface area (Å²) >= 11 is 0. The SMILES string of the molecule is CCCCOc1ncnc(Oc2c(Oc3ccc(S(=O)(=O)c4ccc(O)cc4)cc3)cccc2S(=O)(=O)c2ccccc2)n1. The van der Waals surface area contributed by atoms with Crippen LogP contribution in [0.4, 0.5) is 0 Å². The second-order valence-corrected chi connectivity index (χ2v) is 13.2. The highest BCUT2D eigenvalue weighted by Gasteiger charge is 2.27. The molecule has 13 heteroatoms. The third-order valence-corrected chi connectivity index (χ3v) is 9.82. The van der Waals surface area contributed by atoms with Gasteiger partial charge in [-0.3, -0.25) is 0 Å². The summed E-state index contributed by atoms with van der Waals surface area (Å²) in [6.45, 7) is 2.39. The van der Waals surface area contributed by atoms with Crippen LogP contribution in [0.3, 0.4) is 0 Å². The van der Waals surface area contributed by atoms with Gasteiger partial charge in [-0.2, -0.15) is 9.97 Å². The summed E-state index contributed by atoms with van der Waals surface area (Å²) in [6, 6.07) is 22.7. The molecule has 1 heterocycles. The van der Waals surface area contributed by atoms with Gasteiger partial charge in [0, 0.05) is 0 Å². The van der Waals surface area contributed by atoms with Crippen LogP contribution >= 0.6 is 0 Å². The van der Waals surface area contributed by atoms with Crippen molar-refractivity contribution in [3.05, 3.63) is 103 Å². The first kappa shape index (κ1) is 30.4. The van der Waals surface area contributed by atoms with E-state index in [4.69, 9.17) is 14.2 Å². The van der Waals surface area contributed by atoms with Gasteiger partial charge < -0.3 is 19.3 Å². The van der Waals surface area contributed by atoms with E-state index in [2.05, 4.69) is 15.0 Å². The van der Waals surface area contributed by atoms with Gasteiger partial charge >= 0.3 is 12.0 Å². The summed E-state index contributed by atoms with van der Waals surface area (Å²) in [5.41, 5.74) is 0. The maximum Gasteiger partial charge on any atom is 0.328 e. The number of phenols is 1. The lowest BCUT2D eigenvalue weighted by Gasteiger charge is -2.16. The van der Waals surface area contributed by atoms with E-state index < -0.39 is 19.7 Å². The Morgan fingerprint density at radius 1 is 0.682 bits per heavy atom. The van der Waals surface area contributed by atoms with Gasteiger partial charge in [-0.1, -0.05) is 37.6 Å². The molecule has 0 aliphatic heterocycles. The molecule has 0 aliphatic carbocycles. The number of sulfone groups is 2. The summed E-state index contributed by atoms with van der Waals surface area (Å²) in [5.74, 6) is -0.0412. The van der Waals surface area contributed by atoms with E-state index in [9.17, 15) is 21.9 Å². The highest BCUT2D eigenvalue weighted by atomic mass is 32.2. The maximum atomic E-state index is 13.7. The Morgan fingerprint density at radius 3 is 2.00 bits per heavy atom. The fraction of sp³-hybridized carbons (Fsp3) is 0.129. The molecule has 0 amide bonds. The number of hydrogen-bond donors (Lipinski definition) is 1. The first-order chi connectivity index (χ1) is 21.2. The van der Waals surface area contributed by atoms with Gasteiger partial charge in [0.05, 0.1) is 21.3 Å². The van der Waals surface area contributed by atoms with E-state index in [1.54, 1.807) is 18.2 Å². The second-order valence-electron chi connectivity index (χ2n) is 9.33. The van der Waals surface area contributed by atoms with Gasteiger partial charge in [0.2, 0.25) is 19.7 Å². The predicted octanol–water partition coefficient (Wildman–Crippen LogP) is 6.01. The summed E-state index contributed by atoms with van der Waals surface area (Å²) in [5, 5.41) is 9.50. The average molecular weight is 634 g/mol. The summed E-state index contributed by atoms with van der Waals surface area (Å²) < 4.78 is 71.0. The van der Waals surface area contributed by atoms with Crippen molar-refractivity contribution in [2.45, 2.75) is 39.3 Å². The third-order valence-electron chi connectivity index (χ3n) is 6.24. The lowest BCUT2D eigenvalue weighted by atomic mass is 10.3. The fourth-order valence-electron chi connectivity index (χ4n) is 3.98. The van der Waals surface area contributed by atoms with E-state index in [1.807, 2.05) is 6.92 Å². The van der Waals surface area contributed by atoms with E-state index >= 15 is 0 Å². The van der Waals surface area contributed by atoms with Crippen molar-refractivity contribution in [1.29, 1.82) is 0 Å². The molecule has 0 unspecified atom stereocenters. The van der Waals surface area contributed by atoms with E-state index in [0.717, 1.165) is 12.8 Å². The minimum atomic E-state index is -4.10. The second kappa shape index (κ2) is 13.1. The molecule has 5 rings (SSSR count). The van der Waals surface area contributed by atoms with Crippen LogP contribution in [0.15, 0.2) is 123 Å². The predicted molar refractivity (Wildman–Crippen MR) is 159 cm³/mol. The van der Waals surface area contributed by atoms with Crippen LogP contribution in [-0.2, 0) is 19.7 Å². The van der Waals surface area contributed by atoms with Crippen molar-refractivity contribution in [1.82, 2.24) is 15.0 Å². The van der Waals surface area contributed by atoms with Crippen LogP contribution in [0.1, 0.15) is 19.8 Å². The zero-order chi connectivity index (χ0) is 31.2. The van der Waals surface area contributed by atoms with Crippen molar-refractivity contribution < 1.29 is 36.2 Å². The summed E-state index contributed by atoms with van der Waals surface area (Å²) in [4.78, 5) is 12.0. The molecule has 4 aromatic carbocycles. The smallest absolute Gasteiger partial charge is 0.328 e. The Balaban J connectivity index is 1.51. The van der Waals surface area contributed by atoms with Crippen LogP contribution in [-0.4, -0.2) is 43.5 Å². The van der Waals surface area contributed by atoms with E-state index in [0.29, 0.717) is 6.61 Å². The van der Waals surface area contributed by atoms with Crippen LogP contribution < -0.4 is 14.2 Å². The van der Waals surface area contributed by atoms with Gasteiger partial charge in [0.25, 0.3) is 0 Å². The van der Waals surface area contributed by atoms with Crippen molar-refractivity contribution in [3.8, 4) is 35.0 Å². The maximum absolute atomic E-state index is 13.7. The molecular weight excluding hydrogens is 606 g/mol. The minimum absolute atomic E-state index is 0.00464. The van der Waals surface area contributed by atoms with E-state index in [-0.39, 0.29) is 54.6 Å². The number of aromatic nitrogens is 3. The monoisotopic (exact) mass is 633 g/mol. The molecule has 11 nitrogen and oxygen atoms in total. The Kier molecular flexibility index (Phi) is 9.07. The molecule has 0 atom stereocenters. The Labute approximate surface area is 254 Å². The van der Waals surface area contributed by atoms with Crippen molar-refractivity contribution in [2.75, 3.05) is 6.61 Å². The molecule has 0 spiro atoms. The van der Waals surface area contributed by atoms with Gasteiger partial charge in [-0.05, 0) is 79.2 Å². The van der Waals surface area contributed by atoms with Gasteiger partial charge in [-0.15, -0.1) is 4.98 Å². The molecule has 0 radical (unpaired) electrons.